The number of rotatable bonds is 6. The van der Waals surface area contributed by atoms with E-state index in [9.17, 15) is 8.42 Å². The Morgan fingerprint density at radius 2 is 1.29 bits per heavy atom. The maximum absolute atomic E-state index is 12.3. The summed E-state index contributed by atoms with van der Waals surface area (Å²) in [6.45, 7) is 0. The van der Waals surface area contributed by atoms with Crippen LogP contribution in [-0.4, -0.2) is 14.2 Å². The zero-order valence-corrected chi connectivity index (χ0v) is 13.9. The van der Waals surface area contributed by atoms with Crippen molar-refractivity contribution in [2.24, 2.45) is 0 Å². The number of para-hydroxylation sites is 1. The fraction of sp³-hybridized carbons (Fsp3) is 0.100. The van der Waals surface area contributed by atoms with Crippen LogP contribution in [0.4, 0.5) is 0 Å². The highest BCUT2D eigenvalue weighted by molar-refractivity contribution is 7.87. The largest absolute Gasteiger partial charge is 0.382 e. The topological polar surface area (TPSA) is 43.4 Å². The Bertz CT molecular complexity index is 888. The summed E-state index contributed by atoms with van der Waals surface area (Å²) in [6.07, 6.45) is 0.427. The molecule has 0 N–H and O–H groups in total. The molecule has 0 fully saturated rings. The van der Waals surface area contributed by atoms with E-state index < -0.39 is 10.1 Å². The fourth-order valence-electron chi connectivity index (χ4n) is 2.46. The van der Waals surface area contributed by atoms with Crippen LogP contribution in [0.2, 0.25) is 0 Å². The van der Waals surface area contributed by atoms with Crippen LogP contribution < -0.4 is 4.18 Å². The highest BCUT2D eigenvalue weighted by Gasteiger charge is 2.16. The predicted molar refractivity (Wildman–Crippen MR) is 96.4 cm³/mol. The molecule has 0 aromatic heterocycles. The number of benzene rings is 3. The monoisotopic (exact) mass is 338 g/mol. The second-order valence-electron chi connectivity index (χ2n) is 5.44. The molecule has 3 aromatic carbocycles. The maximum atomic E-state index is 12.3. The average molecular weight is 338 g/mol. The summed E-state index contributed by atoms with van der Waals surface area (Å²) in [5, 5.41) is 0. The maximum Gasteiger partial charge on any atom is 0.309 e. The number of aryl methyl sites for hydroxylation is 1. The SMILES string of the molecule is O=S(=O)(CCc1ccccc1)Oc1ccccc1-c1ccccc1. The molecule has 4 heteroatoms. The van der Waals surface area contributed by atoms with E-state index in [0.717, 1.165) is 16.7 Å². The Morgan fingerprint density at radius 3 is 2.00 bits per heavy atom. The summed E-state index contributed by atoms with van der Waals surface area (Å²) in [7, 11) is -3.66. The second-order valence-corrected chi connectivity index (χ2v) is 7.13. The van der Waals surface area contributed by atoms with Crippen molar-refractivity contribution >= 4 is 10.1 Å². The van der Waals surface area contributed by atoms with Gasteiger partial charge in [0.2, 0.25) is 0 Å². The van der Waals surface area contributed by atoms with Crippen LogP contribution in [0.15, 0.2) is 84.9 Å². The van der Waals surface area contributed by atoms with E-state index in [0.29, 0.717) is 12.2 Å². The molecular formula is C20H18O3S. The highest BCUT2D eigenvalue weighted by atomic mass is 32.2. The van der Waals surface area contributed by atoms with E-state index in [2.05, 4.69) is 0 Å². The Morgan fingerprint density at radius 1 is 0.708 bits per heavy atom. The zero-order chi connectivity index (χ0) is 16.8. The van der Waals surface area contributed by atoms with Gasteiger partial charge in [-0.05, 0) is 23.6 Å². The first-order valence-corrected chi connectivity index (χ1v) is 9.32. The first kappa shape index (κ1) is 16.3. The van der Waals surface area contributed by atoms with Gasteiger partial charge >= 0.3 is 10.1 Å². The van der Waals surface area contributed by atoms with Gasteiger partial charge in [-0.15, -0.1) is 0 Å². The van der Waals surface area contributed by atoms with Crippen LogP contribution in [0, 0.1) is 0 Å². The molecule has 0 heterocycles. The second kappa shape index (κ2) is 7.32. The number of hydrogen-bond acceptors (Lipinski definition) is 3. The van der Waals surface area contributed by atoms with E-state index in [-0.39, 0.29) is 5.75 Å². The standard InChI is InChI=1S/C20H18O3S/c21-24(22,16-15-17-9-3-1-4-10-17)23-20-14-8-7-13-19(20)18-11-5-2-6-12-18/h1-14H,15-16H2. The molecule has 0 spiro atoms. The molecular weight excluding hydrogens is 320 g/mol. The van der Waals surface area contributed by atoms with Crippen LogP contribution in [0.3, 0.4) is 0 Å². The molecule has 0 aliphatic carbocycles. The van der Waals surface area contributed by atoms with Crippen LogP contribution >= 0.6 is 0 Å². The van der Waals surface area contributed by atoms with Gasteiger partial charge in [0.15, 0.2) is 0 Å². The van der Waals surface area contributed by atoms with Crippen molar-refractivity contribution in [1.82, 2.24) is 0 Å². The third-order valence-corrected chi connectivity index (χ3v) is 4.81. The van der Waals surface area contributed by atoms with E-state index in [1.807, 2.05) is 72.8 Å². The van der Waals surface area contributed by atoms with Crippen LogP contribution in [0.25, 0.3) is 11.1 Å². The lowest BCUT2D eigenvalue weighted by molar-refractivity contribution is 0.486. The molecule has 0 amide bonds. The average Bonchev–Trinajstić information content (AvgIpc) is 2.62. The molecule has 0 radical (unpaired) electrons. The van der Waals surface area contributed by atoms with Gasteiger partial charge in [-0.2, -0.15) is 8.42 Å². The van der Waals surface area contributed by atoms with Gasteiger partial charge in [0.25, 0.3) is 0 Å². The summed E-state index contributed by atoms with van der Waals surface area (Å²) < 4.78 is 30.1. The minimum absolute atomic E-state index is 0.0554. The van der Waals surface area contributed by atoms with Crippen molar-refractivity contribution in [3.8, 4) is 16.9 Å². The van der Waals surface area contributed by atoms with Crippen molar-refractivity contribution in [1.29, 1.82) is 0 Å². The van der Waals surface area contributed by atoms with Gasteiger partial charge in [0, 0.05) is 5.56 Å². The van der Waals surface area contributed by atoms with E-state index in [4.69, 9.17) is 4.18 Å². The molecule has 0 unspecified atom stereocenters. The lowest BCUT2D eigenvalue weighted by atomic mass is 10.1. The summed E-state index contributed by atoms with van der Waals surface area (Å²) in [4.78, 5) is 0. The van der Waals surface area contributed by atoms with Crippen LogP contribution in [0.5, 0.6) is 5.75 Å². The van der Waals surface area contributed by atoms with Crippen molar-refractivity contribution in [2.75, 3.05) is 5.75 Å². The molecule has 3 aromatic rings. The third kappa shape index (κ3) is 4.24. The van der Waals surface area contributed by atoms with Crippen molar-refractivity contribution in [3.05, 3.63) is 90.5 Å². The Kier molecular flexibility index (Phi) is 4.96. The summed E-state index contributed by atoms with van der Waals surface area (Å²) >= 11 is 0. The highest BCUT2D eigenvalue weighted by Crippen LogP contribution is 2.30. The van der Waals surface area contributed by atoms with Crippen molar-refractivity contribution < 1.29 is 12.6 Å². The van der Waals surface area contributed by atoms with E-state index in [1.165, 1.54) is 0 Å². The minimum atomic E-state index is -3.66. The van der Waals surface area contributed by atoms with E-state index in [1.54, 1.807) is 12.1 Å². The third-order valence-electron chi connectivity index (χ3n) is 3.67. The molecule has 3 nitrogen and oxygen atoms in total. The van der Waals surface area contributed by atoms with Gasteiger partial charge in [-0.25, -0.2) is 0 Å². The minimum Gasteiger partial charge on any atom is -0.382 e. The fourth-order valence-corrected chi connectivity index (χ4v) is 3.45. The van der Waals surface area contributed by atoms with Gasteiger partial charge in [-0.1, -0.05) is 78.9 Å². The van der Waals surface area contributed by atoms with Crippen LogP contribution in [0.1, 0.15) is 5.56 Å². The molecule has 122 valence electrons. The Labute approximate surface area is 142 Å². The first-order valence-electron chi connectivity index (χ1n) is 7.75. The quantitative estimate of drug-likeness (QED) is 0.629. The van der Waals surface area contributed by atoms with Gasteiger partial charge in [0.1, 0.15) is 5.75 Å². The molecule has 0 bridgehead atoms. The summed E-state index contributed by atoms with van der Waals surface area (Å²) in [5.41, 5.74) is 2.66. The first-order chi connectivity index (χ1) is 11.6. The summed E-state index contributed by atoms with van der Waals surface area (Å²) in [6, 6.07) is 26.3. The van der Waals surface area contributed by atoms with Crippen molar-refractivity contribution in [3.63, 3.8) is 0 Å². The Hall–Kier alpha value is -2.59. The molecule has 24 heavy (non-hydrogen) atoms. The molecule has 0 saturated carbocycles. The van der Waals surface area contributed by atoms with Crippen LogP contribution in [-0.2, 0) is 16.5 Å². The van der Waals surface area contributed by atoms with Gasteiger partial charge < -0.3 is 4.18 Å². The normalized spacial score (nSPS) is 11.2. The molecule has 0 aliphatic rings. The zero-order valence-electron chi connectivity index (χ0n) is 13.1. The molecule has 0 aliphatic heterocycles. The predicted octanol–water partition coefficient (Wildman–Crippen LogP) is 4.30. The lowest BCUT2D eigenvalue weighted by Gasteiger charge is -2.11. The number of hydrogen-bond donors (Lipinski definition) is 0. The smallest absolute Gasteiger partial charge is 0.309 e. The molecule has 0 saturated heterocycles. The molecule has 0 atom stereocenters. The van der Waals surface area contributed by atoms with Gasteiger partial charge in [0.05, 0.1) is 5.75 Å². The molecule has 3 rings (SSSR count). The van der Waals surface area contributed by atoms with E-state index >= 15 is 0 Å². The lowest BCUT2D eigenvalue weighted by Crippen LogP contribution is -2.16. The van der Waals surface area contributed by atoms with Crippen molar-refractivity contribution in [2.45, 2.75) is 6.42 Å². The Balaban J connectivity index is 1.78. The van der Waals surface area contributed by atoms with Gasteiger partial charge in [-0.3, -0.25) is 0 Å². The summed E-state index contributed by atoms with van der Waals surface area (Å²) in [5.74, 6) is 0.303.